The Balaban J connectivity index is 4.42. The molecule has 0 heterocycles. The zero-order valence-electron chi connectivity index (χ0n) is 48.1. The van der Waals surface area contributed by atoms with Gasteiger partial charge in [0.2, 0.25) is 0 Å². The van der Waals surface area contributed by atoms with Crippen LogP contribution in [0.15, 0.2) is 85.1 Å². The molecule has 0 radical (unpaired) electrons. The van der Waals surface area contributed by atoms with Crippen molar-refractivity contribution in [3.05, 3.63) is 85.1 Å². The van der Waals surface area contributed by atoms with Crippen LogP contribution >= 0.6 is 0 Å². The van der Waals surface area contributed by atoms with Crippen molar-refractivity contribution in [3.8, 4) is 0 Å². The van der Waals surface area contributed by atoms with Gasteiger partial charge in [0.05, 0.1) is 0 Å². The third-order valence-electron chi connectivity index (χ3n) is 13.4. The summed E-state index contributed by atoms with van der Waals surface area (Å²) in [5.74, 6) is -0.908. The number of carbonyl (C=O) groups excluding carboxylic acids is 3. The molecule has 6 nitrogen and oxygen atoms in total. The monoisotopic (exact) mass is 1020 g/mol. The molecule has 0 bridgehead atoms. The molecule has 0 aliphatic rings. The zero-order valence-corrected chi connectivity index (χ0v) is 48.1. The molecule has 0 aliphatic carbocycles. The molecular weight excluding hydrogens is 901 g/mol. The van der Waals surface area contributed by atoms with Gasteiger partial charge in [0.1, 0.15) is 13.2 Å². The lowest BCUT2D eigenvalue weighted by molar-refractivity contribution is -0.167. The van der Waals surface area contributed by atoms with Crippen molar-refractivity contribution in [2.45, 2.75) is 309 Å². The Bertz CT molecular complexity index is 1400. The summed E-state index contributed by atoms with van der Waals surface area (Å²) in [6.07, 6.45) is 80.0. The van der Waals surface area contributed by atoms with Crippen LogP contribution in [0.2, 0.25) is 0 Å². The van der Waals surface area contributed by atoms with Crippen LogP contribution in [-0.4, -0.2) is 37.2 Å². The third-order valence-corrected chi connectivity index (χ3v) is 13.4. The number of allylic oxidation sites excluding steroid dienone is 14. The molecule has 0 spiro atoms. The molecule has 0 amide bonds. The zero-order chi connectivity index (χ0) is 52.9. The van der Waals surface area contributed by atoms with Gasteiger partial charge in [0.25, 0.3) is 0 Å². The van der Waals surface area contributed by atoms with Gasteiger partial charge in [0.15, 0.2) is 6.10 Å². The van der Waals surface area contributed by atoms with Gasteiger partial charge in [-0.05, 0) is 96.3 Å². The second-order valence-electron chi connectivity index (χ2n) is 20.6. The van der Waals surface area contributed by atoms with E-state index in [1.807, 2.05) is 0 Å². The summed E-state index contributed by atoms with van der Waals surface area (Å²) in [6, 6.07) is 0. The molecule has 1 atom stereocenters. The SMILES string of the molecule is CC/C=C\C/C=C\C/C=C\C/C=C\C/C=C\C/C=C\CCCCCCC(=O)OCC(COC(=O)CCCCCCCCCCCCCCCCCC)OC(=O)CCCCCCC/C=C\CCCCCCCCC. The second kappa shape index (κ2) is 61.1. The van der Waals surface area contributed by atoms with Crippen LogP contribution in [0.5, 0.6) is 0 Å². The van der Waals surface area contributed by atoms with Crippen LogP contribution in [0.4, 0.5) is 0 Å². The maximum Gasteiger partial charge on any atom is 0.306 e. The topological polar surface area (TPSA) is 78.9 Å². The van der Waals surface area contributed by atoms with Crippen LogP contribution in [0.3, 0.4) is 0 Å². The number of unbranched alkanes of at least 4 members (excludes halogenated alkanes) is 31. The third kappa shape index (κ3) is 59.3. The fourth-order valence-electron chi connectivity index (χ4n) is 8.74. The average molecular weight is 1020 g/mol. The van der Waals surface area contributed by atoms with Gasteiger partial charge in [0, 0.05) is 19.3 Å². The summed E-state index contributed by atoms with van der Waals surface area (Å²) >= 11 is 0. The van der Waals surface area contributed by atoms with E-state index < -0.39 is 6.10 Å². The van der Waals surface area contributed by atoms with E-state index in [-0.39, 0.29) is 31.1 Å². The Morgan fingerprint density at radius 2 is 0.534 bits per heavy atom. The number of hydrogen-bond donors (Lipinski definition) is 0. The molecular formula is C67H116O6. The minimum Gasteiger partial charge on any atom is -0.462 e. The van der Waals surface area contributed by atoms with Crippen molar-refractivity contribution in [2.75, 3.05) is 13.2 Å². The summed E-state index contributed by atoms with van der Waals surface area (Å²) in [5, 5.41) is 0. The highest BCUT2D eigenvalue weighted by Gasteiger charge is 2.19. The van der Waals surface area contributed by atoms with E-state index in [0.717, 1.165) is 122 Å². The maximum absolute atomic E-state index is 12.9. The lowest BCUT2D eigenvalue weighted by Crippen LogP contribution is -2.30. The van der Waals surface area contributed by atoms with Crippen LogP contribution in [-0.2, 0) is 28.6 Å². The minimum absolute atomic E-state index is 0.0855. The first kappa shape index (κ1) is 69.6. The van der Waals surface area contributed by atoms with E-state index in [1.165, 1.54) is 141 Å². The molecule has 0 aromatic heterocycles. The van der Waals surface area contributed by atoms with Gasteiger partial charge >= 0.3 is 17.9 Å². The molecule has 0 N–H and O–H groups in total. The highest BCUT2D eigenvalue weighted by molar-refractivity contribution is 5.71. The van der Waals surface area contributed by atoms with Crippen LogP contribution in [0.1, 0.15) is 303 Å². The van der Waals surface area contributed by atoms with E-state index in [0.29, 0.717) is 19.3 Å². The van der Waals surface area contributed by atoms with Gasteiger partial charge in [-0.15, -0.1) is 0 Å². The molecule has 0 saturated heterocycles. The number of rotatable bonds is 56. The smallest absolute Gasteiger partial charge is 0.306 e. The van der Waals surface area contributed by atoms with Gasteiger partial charge in [-0.1, -0.05) is 273 Å². The van der Waals surface area contributed by atoms with E-state index in [4.69, 9.17) is 14.2 Å². The van der Waals surface area contributed by atoms with Crippen molar-refractivity contribution >= 4 is 17.9 Å². The van der Waals surface area contributed by atoms with E-state index in [1.54, 1.807) is 0 Å². The predicted molar refractivity (Wildman–Crippen MR) is 316 cm³/mol. The largest absolute Gasteiger partial charge is 0.462 e. The molecule has 420 valence electrons. The van der Waals surface area contributed by atoms with Gasteiger partial charge in [-0.25, -0.2) is 0 Å². The molecule has 0 aliphatic heterocycles. The Morgan fingerprint density at radius 3 is 0.849 bits per heavy atom. The highest BCUT2D eigenvalue weighted by Crippen LogP contribution is 2.16. The molecule has 0 fully saturated rings. The van der Waals surface area contributed by atoms with Crippen molar-refractivity contribution < 1.29 is 28.6 Å². The number of carbonyl (C=O) groups is 3. The molecule has 1 unspecified atom stereocenters. The summed E-state index contributed by atoms with van der Waals surface area (Å²) < 4.78 is 16.9. The first-order chi connectivity index (χ1) is 36.0. The second-order valence-corrected chi connectivity index (χ2v) is 20.6. The van der Waals surface area contributed by atoms with E-state index in [2.05, 4.69) is 106 Å². The highest BCUT2D eigenvalue weighted by atomic mass is 16.6. The summed E-state index contributed by atoms with van der Waals surface area (Å²) in [7, 11) is 0. The summed E-state index contributed by atoms with van der Waals surface area (Å²) in [5.41, 5.74) is 0. The minimum atomic E-state index is -0.791. The average Bonchev–Trinajstić information content (AvgIpc) is 3.39. The number of esters is 3. The van der Waals surface area contributed by atoms with Gasteiger partial charge in [-0.2, -0.15) is 0 Å². The van der Waals surface area contributed by atoms with Crippen LogP contribution < -0.4 is 0 Å². The summed E-state index contributed by atoms with van der Waals surface area (Å²) in [6.45, 7) is 6.53. The van der Waals surface area contributed by atoms with Crippen molar-refractivity contribution in [1.29, 1.82) is 0 Å². The lowest BCUT2D eigenvalue weighted by atomic mass is 10.0. The lowest BCUT2D eigenvalue weighted by Gasteiger charge is -2.18. The fourth-order valence-corrected chi connectivity index (χ4v) is 8.74. The number of ether oxygens (including phenoxy) is 3. The predicted octanol–water partition coefficient (Wildman–Crippen LogP) is 21.1. The van der Waals surface area contributed by atoms with Gasteiger partial charge < -0.3 is 14.2 Å². The Kier molecular flexibility index (Phi) is 58.3. The van der Waals surface area contributed by atoms with Gasteiger partial charge in [-0.3, -0.25) is 14.4 Å². The van der Waals surface area contributed by atoms with Crippen LogP contribution in [0, 0.1) is 0 Å². The fraction of sp³-hybridized carbons (Fsp3) is 0.746. The van der Waals surface area contributed by atoms with Crippen molar-refractivity contribution in [2.24, 2.45) is 0 Å². The quantitative estimate of drug-likeness (QED) is 0.0261. The first-order valence-corrected chi connectivity index (χ1v) is 31.1. The maximum atomic E-state index is 12.9. The van der Waals surface area contributed by atoms with E-state index >= 15 is 0 Å². The Hall–Kier alpha value is -3.41. The Morgan fingerprint density at radius 1 is 0.288 bits per heavy atom. The molecule has 73 heavy (non-hydrogen) atoms. The van der Waals surface area contributed by atoms with Crippen molar-refractivity contribution in [1.82, 2.24) is 0 Å². The normalized spacial score (nSPS) is 12.6. The van der Waals surface area contributed by atoms with Crippen molar-refractivity contribution in [3.63, 3.8) is 0 Å². The number of hydrogen-bond acceptors (Lipinski definition) is 6. The van der Waals surface area contributed by atoms with Crippen LogP contribution in [0.25, 0.3) is 0 Å². The molecule has 0 aromatic carbocycles. The molecule has 0 rings (SSSR count). The molecule has 0 saturated carbocycles. The Labute approximate surface area is 452 Å². The summed E-state index contributed by atoms with van der Waals surface area (Å²) in [4.78, 5) is 38.3. The van der Waals surface area contributed by atoms with E-state index in [9.17, 15) is 14.4 Å². The molecule has 0 aromatic rings. The first-order valence-electron chi connectivity index (χ1n) is 31.1. The molecule has 6 heteroatoms. The standard InChI is InChI=1S/C67H116O6/c1-4-7-10-13-16-19-22-25-28-31-32-33-34-35-36-37-40-42-45-48-51-54-57-60-66(69)72-63-64(73-67(70)61-58-55-52-49-46-43-39-30-27-24-21-18-15-12-9-6-3)62-71-65(68)59-56-53-50-47-44-41-38-29-26-23-20-17-14-11-8-5-2/h7,10,16,19,25,28,30,32-33,35-36,39-40,42,64H,4-6,8-9,11-15,17-18,20-24,26-27,29,31,34,37-38,41,43-63H2,1-3H3/b10-7-,19-16-,28-25-,33-32-,36-35-,39-30-,42-40-.